The molecule has 0 radical (unpaired) electrons. The highest BCUT2D eigenvalue weighted by molar-refractivity contribution is 5.71. The Bertz CT molecular complexity index is 798. The van der Waals surface area contributed by atoms with Crippen LogP contribution in [0.2, 0.25) is 0 Å². The van der Waals surface area contributed by atoms with Gasteiger partial charge in [-0.05, 0) is 83.4 Å². The number of benzene rings is 1. The topological polar surface area (TPSA) is 79.2 Å². The third-order valence-electron chi connectivity index (χ3n) is 6.55. The van der Waals surface area contributed by atoms with Gasteiger partial charge in [0.15, 0.2) is 0 Å². The van der Waals surface area contributed by atoms with E-state index in [4.69, 9.17) is 9.47 Å². The normalized spacial score (nSPS) is 19.1. The average molecular weight is 434 g/mol. The van der Waals surface area contributed by atoms with Crippen LogP contribution in [0.5, 0.6) is 5.75 Å². The lowest BCUT2D eigenvalue weighted by Crippen LogP contribution is -2.25. The highest BCUT2D eigenvalue weighted by Crippen LogP contribution is 2.46. The molecule has 1 saturated heterocycles. The Balaban J connectivity index is 1.77. The number of rotatable bonds is 9. The molecule has 0 bridgehead atoms. The van der Waals surface area contributed by atoms with Crippen LogP contribution in [0.4, 0.5) is 5.69 Å². The molecule has 2 aliphatic rings. The van der Waals surface area contributed by atoms with E-state index in [-0.39, 0.29) is 18.4 Å². The van der Waals surface area contributed by atoms with Gasteiger partial charge in [0.25, 0.3) is 0 Å². The Morgan fingerprint density at radius 2 is 1.84 bits per heavy atom. The number of carbonyl (C=O) groups is 1. The van der Waals surface area contributed by atoms with Crippen molar-refractivity contribution in [3.05, 3.63) is 22.3 Å². The number of esters is 1. The second-order valence-corrected chi connectivity index (χ2v) is 9.71. The highest BCUT2D eigenvalue weighted by atomic mass is 16.5. The average Bonchev–Trinajstić information content (AvgIpc) is 3.29. The van der Waals surface area contributed by atoms with Gasteiger partial charge in [-0.25, -0.2) is 0 Å². The number of aliphatic hydroxyl groups excluding tert-OH is 2. The summed E-state index contributed by atoms with van der Waals surface area (Å²) < 4.78 is 11.3. The smallest absolute Gasteiger partial charge is 0.308 e. The van der Waals surface area contributed by atoms with Crippen molar-refractivity contribution in [1.29, 1.82) is 0 Å². The maximum absolute atomic E-state index is 11.6. The van der Waals surface area contributed by atoms with E-state index in [2.05, 4.69) is 32.6 Å². The molecule has 2 unspecified atom stereocenters. The zero-order valence-electron chi connectivity index (χ0n) is 19.8. The van der Waals surface area contributed by atoms with Crippen LogP contribution in [0.15, 0.2) is 0 Å². The third-order valence-corrected chi connectivity index (χ3v) is 6.55. The molecule has 2 aliphatic heterocycles. The number of hydrogen-bond donors (Lipinski definition) is 2. The Morgan fingerprint density at radius 1 is 1.16 bits per heavy atom. The molecule has 3 rings (SSSR count). The molecule has 0 spiro atoms. The molecule has 0 aliphatic carbocycles. The van der Waals surface area contributed by atoms with Crippen molar-refractivity contribution in [2.24, 2.45) is 0 Å². The third kappa shape index (κ3) is 5.53. The molecule has 0 saturated carbocycles. The van der Waals surface area contributed by atoms with Crippen LogP contribution in [0.3, 0.4) is 0 Å². The van der Waals surface area contributed by atoms with E-state index in [9.17, 15) is 15.0 Å². The van der Waals surface area contributed by atoms with Gasteiger partial charge in [0.05, 0.1) is 25.2 Å². The number of carbonyl (C=O) groups excluding carboxylic acids is 1. The van der Waals surface area contributed by atoms with Crippen LogP contribution in [0.1, 0.15) is 75.1 Å². The van der Waals surface area contributed by atoms with E-state index in [1.165, 1.54) is 40.8 Å². The first-order chi connectivity index (χ1) is 14.6. The van der Waals surface area contributed by atoms with Gasteiger partial charge in [-0.3, -0.25) is 4.79 Å². The maximum atomic E-state index is 11.6. The minimum atomic E-state index is -0.894. The molecule has 1 aromatic carbocycles. The Morgan fingerprint density at radius 3 is 2.48 bits per heavy atom. The summed E-state index contributed by atoms with van der Waals surface area (Å²) in [4.78, 5) is 14.1. The Hall–Kier alpha value is -1.79. The maximum Gasteiger partial charge on any atom is 0.308 e. The second kappa shape index (κ2) is 9.78. The molecule has 174 valence electrons. The van der Waals surface area contributed by atoms with Crippen LogP contribution in [-0.4, -0.2) is 53.7 Å². The molecule has 2 N–H and O–H groups in total. The Kier molecular flexibility index (Phi) is 7.53. The summed E-state index contributed by atoms with van der Waals surface area (Å²) in [7, 11) is 0. The van der Waals surface area contributed by atoms with Crippen molar-refractivity contribution in [2.75, 3.05) is 24.6 Å². The second-order valence-electron chi connectivity index (χ2n) is 9.71. The summed E-state index contributed by atoms with van der Waals surface area (Å²) in [5.41, 5.74) is 6.15. The van der Waals surface area contributed by atoms with Crippen molar-refractivity contribution in [3.8, 4) is 5.75 Å². The van der Waals surface area contributed by atoms with E-state index in [1.54, 1.807) is 6.92 Å². The van der Waals surface area contributed by atoms with Crippen molar-refractivity contribution in [3.63, 3.8) is 0 Å². The lowest BCUT2D eigenvalue weighted by atomic mass is 9.89. The fraction of sp³-hybridized carbons (Fsp3) is 0.720. The molecule has 6 nitrogen and oxygen atoms in total. The highest BCUT2D eigenvalue weighted by Gasteiger charge is 2.36. The zero-order chi connectivity index (χ0) is 22.8. The zero-order valence-corrected chi connectivity index (χ0v) is 19.8. The van der Waals surface area contributed by atoms with Gasteiger partial charge >= 0.3 is 5.97 Å². The lowest BCUT2D eigenvalue weighted by Gasteiger charge is -2.27. The minimum absolute atomic E-state index is 0.0831. The quantitative estimate of drug-likeness (QED) is 0.579. The molecule has 0 amide bonds. The van der Waals surface area contributed by atoms with Gasteiger partial charge in [0.2, 0.25) is 0 Å². The van der Waals surface area contributed by atoms with E-state index in [0.29, 0.717) is 19.4 Å². The number of fused-ring (bicyclic) bond motifs is 1. The van der Waals surface area contributed by atoms with Crippen molar-refractivity contribution < 1.29 is 24.5 Å². The largest absolute Gasteiger partial charge is 0.487 e. The predicted molar refractivity (Wildman–Crippen MR) is 122 cm³/mol. The molecule has 1 aromatic rings. The first-order valence-corrected chi connectivity index (χ1v) is 11.7. The molecular weight excluding hydrogens is 394 g/mol. The van der Waals surface area contributed by atoms with Gasteiger partial charge in [0, 0.05) is 30.8 Å². The summed E-state index contributed by atoms with van der Waals surface area (Å²) in [6, 6.07) is 0. The lowest BCUT2D eigenvalue weighted by molar-refractivity contribution is -0.145. The summed E-state index contributed by atoms with van der Waals surface area (Å²) in [6.45, 7) is 12.9. The molecule has 0 aromatic heterocycles. The predicted octanol–water partition coefficient (Wildman–Crippen LogP) is 3.61. The van der Waals surface area contributed by atoms with Crippen LogP contribution in [-0.2, 0) is 22.4 Å². The number of anilines is 1. The van der Waals surface area contributed by atoms with Crippen LogP contribution in [0.25, 0.3) is 0 Å². The van der Waals surface area contributed by atoms with Crippen LogP contribution in [0, 0.1) is 13.8 Å². The van der Waals surface area contributed by atoms with Gasteiger partial charge in [-0.2, -0.15) is 0 Å². The van der Waals surface area contributed by atoms with Crippen molar-refractivity contribution in [2.45, 2.75) is 97.4 Å². The monoisotopic (exact) mass is 433 g/mol. The molecule has 31 heavy (non-hydrogen) atoms. The fourth-order valence-electron chi connectivity index (χ4n) is 5.12. The van der Waals surface area contributed by atoms with Gasteiger partial charge in [-0.1, -0.05) is 0 Å². The van der Waals surface area contributed by atoms with Crippen molar-refractivity contribution in [1.82, 2.24) is 0 Å². The summed E-state index contributed by atoms with van der Waals surface area (Å²) >= 11 is 0. The summed E-state index contributed by atoms with van der Waals surface area (Å²) in [6.07, 6.45) is 3.03. The van der Waals surface area contributed by atoms with Gasteiger partial charge < -0.3 is 24.6 Å². The van der Waals surface area contributed by atoms with E-state index < -0.39 is 18.2 Å². The summed E-state index contributed by atoms with van der Waals surface area (Å²) in [5, 5.41) is 20.7. The molecule has 2 atom stereocenters. The van der Waals surface area contributed by atoms with Crippen LogP contribution < -0.4 is 9.64 Å². The molecule has 2 heterocycles. The molecule has 6 heteroatoms. The van der Waals surface area contributed by atoms with Gasteiger partial charge in [0.1, 0.15) is 11.4 Å². The standard InChI is InChI=1S/C25H39NO5/c1-6-30-22(29)14-19(28)13-18(27)9-10-20-16(2)23(26-11-7-8-12-26)17(3)21-15-25(4,5)31-24(20)21/h18-19,27-28H,6-15H2,1-5H3. The number of ether oxygens (including phenoxy) is 2. The van der Waals surface area contributed by atoms with E-state index in [0.717, 1.165) is 25.3 Å². The molecule has 1 fully saturated rings. The Labute approximate surface area is 186 Å². The number of nitrogens with zero attached hydrogens (tertiary/aromatic N) is 1. The summed E-state index contributed by atoms with van der Waals surface area (Å²) in [5.74, 6) is 0.558. The first-order valence-electron chi connectivity index (χ1n) is 11.7. The number of hydrogen-bond acceptors (Lipinski definition) is 6. The first kappa shape index (κ1) is 23.9. The van der Waals surface area contributed by atoms with E-state index in [1.807, 2.05) is 0 Å². The minimum Gasteiger partial charge on any atom is -0.487 e. The SMILES string of the molecule is CCOC(=O)CC(O)CC(O)CCc1c(C)c(N2CCCC2)c(C)c2c1OC(C)(C)C2. The fourth-order valence-corrected chi connectivity index (χ4v) is 5.12. The molecular formula is C25H39NO5. The van der Waals surface area contributed by atoms with Crippen molar-refractivity contribution >= 4 is 11.7 Å². The van der Waals surface area contributed by atoms with E-state index >= 15 is 0 Å². The van der Waals surface area contributed by atoms with Crippen LogP contribution >= 0.6 is 0 Å². The van der Waals surface area contributed by atoms with Gasteiger partial charge in [-0.15, -0.1) is 0 Å². The number of aliphatic hydroxyl groups is 2.